The van der Waals surface area contributed by atoms with E-state index in [4.69, 9.17) is 18.0 Å². The summed E-state index contributed by atoms with van der Waals surface area (Å²) in [5, 5.41) is 0. The summed E-state index contributed by atoms with van der Waals surface area (Å²) in [7, 11) is -2.39. The third-order valence-corrected chi connectivity index (χ3v) is 4.60. The van der Waals surface area contributed by atoms with Gasteiger partial charge in [-0.3, -0.25) is 4.98 Å². The minimum absolute atomic E-state index is 0.133. The third-order valence-electron chi connectivity index (χ3n) is 2.40. The van der Waals surface area contributed by atoms with Crippen molar-refractivity contribution in [3.63, 3.8) is 0 Å². The number of thiocarbonyl (C=S) groups is 1. The number of nitrogens with zero attached hydrogens (tertiary/aromatic N) is 2. The Bertz CT molecular complexity index is 548. The highest BCUT2D eigenvalue weighted by Gasteiger charge is 2.23. The topological polar surface area (TPSA) is 76.3 Å². The standard InChI is InChI=1S/C10H14FN3O2S2/c1-7(10(12)17)6-14(2)18(15,16)9-3-8(11)4-13-5-9/h3-5,7H,6H2,1-2H3,(H2,12,17). The highest BCUT2D eigenvalue weighted by atomic mass is 32.2. The van der Waals surface area contributed by atoms with Gasteiger partial charge in [-0.05, 0) is 6.07 Å². The van der Waals surface area contributed by atoms with Gasteiger partial charge in [0.1, 0.15) is 10.7 Å². The van der Waals surface area contributed by atoms with Crippen molar-refractivity contribution in [1.29, 1.82) is 0 Å². The van der Waals surface area contributed by atoms with E-state index in [-0.39, 0.29) is 22.3 Å². The van der Waals surface area contributed by atoms with Crippen LogP contribution >= 0.6 is 12.2 Å². The number of hydrogen-bond donors (Lipinski definition) is 1. The van der Waals surface area contributed by atoms with E-state index in [0.717, 1.165) is 22.8 Å². The summed E-state index contributed by atoms with van der Waals surface area (Å²) >= 11 is 4.78. The van der Waals surface area contributed by atoms with Crippen LogP contribution in [-0.2, 0) is 10.0 Å². The molecule has 0 aliphatic rings. The highest BCUT2D eigenvalue weighted by Crippen LogP contribution is 2.15. The highest BCUT2D eigenvalue weighted by molar-refractivity contribution is 7.89. The molecule has 0 radical (unpaired) electrons. The van der Waals surface area contributed by atoms with Crippen molar-refractivity contribution in [2.24, 2.45) is 11.7 Å². The van der Waals surface area contributed by atoms with E-state index in [9.17, 15) is 12.8 Å². The molecule has 8 heteroatoms. The summed E-state index contributed by atoms with van der Waals surface area (Å²) in [5.41, 5.74) is 5.43. The molecule has 1 unspecified atom stereocenters. The van der Waals surface area contributed by atoms with Crippen molar-refractivity contribution in [3.8, 4) is 0 Å². The average Bonchev–Trinajstić information content (AvgIpc) is 2.28. The first-order chi connectivity index (χ1) is 8.25. The maximum Gasteiger partial charge on any atom is 0.244 e. The molecule has 2 N–H and O–H groups in total. The Morgan fingerprint density at radius 3 is 2.72 bits per heavy atom. The van der Waals surface area contributed by atoms with Crippen LogP contribution in [0.5, 0.6) is 0 Å². The minimum Gasteiger partial charge on any atom is -0.393 e. The van der Waals surface area contributed by atoms with Crippen molar-refractivity contribution in [1.82, 2.24) is 9.29 Å². The Balaban J connectivity index is 2.97. The minimum atomic E-state index is -3.77. The van der Waals surface area contributed by atoms with Gasteiger partial charge in [0, 0.05) is 25.7 Å². The summed E-state index contributed by atoms with van der Waals surface area (Å²) in [4.78, 5) is 3.55. The van der Waals surface area contributed by atoms with Crippen LogP contribution < -0.4 is 5.73 Å². The monoisotopic (exact) mass is 291 g/mol. The van der Waals surface area contributed by atoms with Crippen molar-refractivity contribution < 1.29 is 12.8 Å². The van der Waals surface area contributed by atoms with E-state index >= 15 is 0 Å². The number of rotatable bonds is 5. The lowest BCUT2D eigenvalue weighted by atomic mass is 10.2. The second-order valence-corrected chi connectivity index (χ2v) is 6.44. The summed E-state index contributed by atoms with van der Waals surface area (Å²) in [6, 6.07) is 0.921. The maximum atomic E-state index is 13.0. The molecule has 0 bridgehead atoms. The fourth-order valence-electron chi connectivity index (χ4n) is 1.29. The number of nitrogens with two attached hydrogens (primary N) is 1. The molecule has 5 nitrogen and oxygen atoms in total. The predicted octanol–water partition coefficient (Wildman–Crippen LogP) is 0.763. The average molecular weight is 291 g/mol. The van der Waals surface area contributed by atoms with Crippen LogP contribution in [0.1, 0.15) is 6.92 Å². The van der Waals surface area contributed by atoms with Gasteiger partial charge in [0.15, 0.2) is 0 Å². The summed E-state index contributed by atoms with van der Waals surface area (Å²) < 4.78 is 38.2. The lowest BCUT2D eigenvalue weighted by Crippen LogP contribution is -2.35. The van der Waals surface area contributed by atoms with Crippen LogP contribution in [-0.4, -0.2) is 36.3 Å². The van der Waals surface area contributed by atoms with Gasteiger partial charge in [-0.15, -0.1) is 0 Å². The first-order valence-electron chi connectivity index (χ1n) is 5.11. The van der Waals surface area contributed by atoms with Crippen LogP contribution in [0.15, 0.2) is 23.4 Å². The molecule has 18 heavy (non-hydrogen) atoms. The Hall–Kier alpha value is -1.12. The van der Waals surface area contributed by atoms with E-state index in [2.05, 4.69) is 4.98 Å². The first kappa shape index (κ1) is 14.9. The van der Waals surface area contributed by atoms with E-state index in [0.29, 0.717) is 0 Å². The van der Waals surface area contributed by atoms with Crippen molar-refractivity contribution in [3.05, 3.63) is 24.3 Å². The van der Waals surface area contributed by atoms with Crippen molar-refractivity contribution >= 4 is 27.2 Å². The van der Waals surface area contributed by atoms with Gasteiger partial charge in [-0.1, -0.05) is 19.1 Å². The largest absolute Gasteiger partial charge is 0.393 e. The molecule has 0 aliphatic heterocycles. The summed E-state index contributed by atoms with van der Waals surface area (Å²) in [6.07, 6.45) is 2.04. The van der Waals surface area contributed by atoms with Crippen molar-refractivity contribution in [2.45, 2.75) is 11.8 Å². The Morgan fingerprint density at radius 2 is 2.22 bits per heavy atom. The van der Waals surface area contributed by atoms with Crippen LogP contribution in [0.25, 0.3) is 0 Å². The molecule has 0 amide bonds. The molecular weight excluding hydrogens is 277 g/mol. The Kier molecular flexibility index (Phi) is 4.71. The molecular formula is C10H14FN3O2S2. The number of sulfonamides is 1. The molecule has 1 aromatic rings. The van der Waals surface area contributed by atoms with Crippen LogP contribution in [0.2, 0.25) is 0 Å². The number of aromatic nitrogens is 1. The first-order valence-corrected chi connectivity index (χ1v) is 6.96. The SMILES string of the molecule is CC(CN(C)S(=O)(=O)c1cncc(F)c1)C(N)=S. The molecule has 0 aliphatic carbocycles. The van der Waals surface area contributed by atoms with Gasteiger partial charge in [0.25, 0.3) is 0 Å². The smallest absolute Gasteiger partial charge is 0.244 e. The Morgan fingerprint density at radius 1 is 1.61 bits per heavy atom. The van der Waals surface area contributed by atoms with E-state index in [1.165, 1.54) is 7.05 Å². The molecule has 0 aromatic carbocycles. The predicted molar refractivity (Wildman–Crippen MR) is 70.0 cm³/mol. The van der Waals surface area contributed by atoms with Gasteiger partial charge >= 0.3 is 0 Å². The zero-order valence-electron chi connectivity index (χ0n) is 10.00. The quantitative estimate of drug-likeness (QED) is 0.811. The molecule has 0 saturated carbocycles. The van der Waals surface area contributed by atoms with E-state index in [1.807, 2.05) is 0 Å². The zero-order chi connectivity index (χ0) is 13.9. The number of hydrogen-bond acceptors (Lipinski definition) is 4. The lowest BCUT2D eigenvalue weighted by molar-refractivity contribution is 0.444. The molecule has 1 atom stereocenters. The fourth-order valence-corrected chi connectivity index (χ4v) is 2.60. The maximum absolute atomic E-state index is 13.0. The molecule has 1 heterocycles. The van der Waals surface area contributed by atoms with Crippen LogP contribution in [0, 0.1) is 11.7 Å². The van der Waals surface area contributed by atoms with Crippen LogP contribution in [0.4, 0.5) is 4.39 Å². The van der Waals surface area contributed by atoms with Crippen molar-refractivity contribution in [2.75, 3.05) is 13.6 Å². The van der Waals surface area contributed by atoms with Gasteiger partial charge < -0.3 is 5.73 Å². The lowest BCUT2D eigenvalue weighted by Gasteiger charge is -2.20. The summed E-state index contributed by atoms with van der Waals surface area (Å²) in [6.45, 7) is 1.85. The molecule has 1 rings (SSSR count). The third kappa shape index (κ3) is 3.44. The van der Waals surface area contributed by atoms with E-state index < -0.39 is 15.8 Å². The second-order valence-electron chi connectivity index (χ2n) is 3.93. The van der Waals surface area contributed by atoms with Crippen LogP contribution in [0.3, 0.4) is 0 Å². The Labute approximate surface area is 111 Å². The summed E-state index contributed by atoms with van der Waals surface area (Å²) in [5.74, 6) is -0.965. The number of halogens is 1. The zero-order valence-corrected chi connectivity index (χ0v) is 11.6. The van der Waals surface area contributed by atoms with E-state index in [1.54, 1.807) is 6.92 Å². The molecule has 1 aromatic heterocycles. The molecule has 0 spiro atoms. The molecule has 0 saturated heterocycles. The van der Waals surface area contributed by atoms with Gasteiger partial charge in [0.05, 0.1) is 11.2 Å². The van der Waals surface area contributed by atoms with Gasteiger partial charge in [0.2, 0.25) is 10.0 Å². The second kappa shape index (κ2) is 5.68. The fraction of sp³-hybridized carbons (Fsp3) is 0.400. The van der Waals surface area contributed by atoms with Gasteiger partial charge in [-0.25, -0.2) is 17.1 Å². The molecule has 0 fully saturated rings. The van der Waals surface area contributed by atoms with Gasteiger partial charge in [-0.2, -0.15) is 0 Å². The number of pyridine rings is 1. The molecule has 100 valence electrons. The normalized spacial score (nSPS) is 13.6.